The lowest BCUT2D eigenvalue weighted by molar-refractivity contribution is 0.0747. The Kier molecular flexibility index (Phi) is 4.29. The molecular formula is C12H14BrN3OS. The van der Waals surface area contributed by atoms with Crippen LogP contribution in [0.1, 0.15) is 29.6 Å². The van der Waals surface area contributed by atoms with Gasteiger partial charge >= 0.3 is 0 Å². The van der Waals surface area contributed by atoms with Crippen molar-refractivity contribution in [2.75, 3.05) is 6.54 Å². The topological polar surface area (TPSA) is 59.2 Å². The van der Waals surface area contributed by atoms with Gasteiger partial charge in [-0.25, -0.2) is 0 Å². The van der Waals surface area contributed by atoms with Crippen LogP contribution in [0.5, 0.6) is 0 Å². The zero-order valence-electron chi connectivity index (χ0n) is 9.80. The fraction of sp³-hybridized carbons (Fsp3) is 0.417. The van der Waals surface area contributed by atoms with Crippen molar-refractivity contribution in [3.05, 3.63) is 28.5 Å². The Morgan fingerprint density at radius 2 is 2.28 bits per heavy atom. The molecule has 1 aliphatic rings. The molecule has 4 nitrogen and oxygen atoms in total. The van der Waals surface area contributed by atoms with E-state index in [2.05, 4.69) is 20.9 Å². The Bertz CT molecular complexity index is 476. The first-order valence-corrected chi connectivity index (χ1v) is 6.98. The largest absolute Gasteiger partial charge is 0.393 e. The van der Waals surface area contributed by atoms with Gasteiger partial charge in [-0.3, -0.25) is 9.78 Å². The number of pyridine rings is 1. The average Bonchev–Trinajstić information content (AvgIpc) is 3.13. The molecule has 2 N–H and O–H groups in total. The molecule has 1 fully saturated rings. The van der Waals surface area contributed by atoms with Crippen molar-refractivity contribution in [3.8, 4) is 0 Å². The molecule has 1 saturated carbocycles. The molecule has 0 saturated heterocycles. The quantitative estimate of drug-likeness (QED) is 0.841. The molecule has 1 heterocycles. The van der Waals surface area contributed by atoms with E-state index in [0.717, 1.165) is 17.3 Å². The number of nitrogens with two attached hydrogens (primary N) is 1. The third-order valence-electron chi connectivity index (χ3n) is 2.80. The molecule has 0 bridgehead atoms. The summed E-state index contributed by atoms with van der Waals surface area (Å²) in [6.07, 6.45) is 5.94. The van der Waals surface area contributed by atoms with Crippen LogP contribution >= 0.6 is 28.1 Å². The number of thiocarbonyl (C=S) groups is 1. The van der Waals surface area contributed by atoms with Gasteiger partial charge in [0.15, 0.2) is 0 Å². The van der Waals surface area contributed by atoms with E-state index in [9.17, 15) is 4.79 Å². The maximum absolute atomic E-state index is 12.4. The van der Waals surface area contributed by atoms with Gasteiger partial charge in [-0.15, -0.1) is 0 Å². The highest BCUT2D eigenvalue weighted by atomic mass is 79.9. The molecule has 1 aliphatic carbocycles. The lowest BCUT2D eigenvalue weighted by Gasteiger charge is -2.22. The fourth-order valence-corrected chi connectivity index (χ4v) is 2.22. The predicted octanol–water partition coefficient (Wildman–Crippen LogP) is 2.12. The van der Waals surface area contributed by atoms with Gasteiger partial charge in [0.25, 0.3) is 5.91 Å². The van der Waals surface area contributed by atoms with E-state index in [0.29, 0.717) is 29.6 Å². The van der Waals surface area contributed by atoms with Gasteiger partial charge in [0.05, 0.1) is 10.6 Å². The van der Waals surface area contributed by atoms with Gasteiger partial charge in [0.2, 0.25) is 0 Å². The van der Waals surface area contributed by atoms with Crippen molar-refractivity contribution in [3.63, 3.8) is 0 Å². The van der Waals surface area contributed by atoms with Crippen LogP contribution in [0.25, 0.3) is 0 Å². The van der Waals surface area contributed by atoms with Gasteiger partial charge in [0, 0.05) is 35.9 Å². The second kappa shape index (κ2) is 5.75. The second-order valence-corrected chi connectivity index (χ2v) is 5.78. The number of carbonyl (C=O) groups is 1. The molecule has 6 heteroatoms. The van der Waals surface area contributed by atoms with Crippen molar-refractivity contribution in [1.82, 2.24) is 9.88 Å². The molecule has 0 atom stereocenters. The number of nitrogens with zero attached hydrogens (tertiary/aromatic N) is 2. The van der Waals surface area contributed by atoms with Crippen LogP contribution in [-0.2, 0) is 0 Å². The Morgan fingerprint density at radius 1 is 1.56 bits per heavy atom. The highest BCUT2D eigenvalue weighted by molar-refractivity contribution is 9.10. The molecule has 1 aromatic rings. The Balaban J connectivity index is 2.10. The van der Waals surface area contributed by atoms with E-state index in [-0.39, 0.29) is 5.91 Å². The summed E-state index contributed by atoms with van der Waals surface area (Å²) < 4.78 is 0.804. The fourth-order valence-electron chi connectivity index (χ4n) is 1.76. The normalized spacial score (nSPS) is 14.3. The monoisotopic (exact) mass is 327 g/mol. The molecule has 2 rings (SSSR count). The van der Waals surface area contributed by atoms with E-state index in [1.807, 2.05) is 4.90 Å². The summed E-state index contributed by atoms with van der Waals surface area (Å²) in [7, 11) is 0. The highest BCUT2D eigenvalue weighted by Gasteiger charge is 2.32. The van der Waals surface area contributed by atoms with Crippen molar-refractivity contribution >= 4 is 39.0 Å². The highest BCUT2D eigenvalue weighted by Crippen LogP contribution is 2.28. The van der Waals surface area contributed by atoms with Crippen molar-refractivity contribution in [1.29, 1.82) is 0 Å². The van der Waals surface area contributed by atoms with Gasteiger partial charge in [-0.05, 0) is 34.8 Å². The summed E-state index contributed by atoms with van der Waals surface area (Å²) in [4.78, 5) is 18.7. The third-order valence-corrected chi connectivity index (χ3v) is 3.44. The molecule has 0 unspecified atom stereocenters. The zero-order valence-corrected chi connectivity index (χ0v) is 12.2. The van der Waals surface area contributed by atoms with Gasteiger partial charge in [-0.2, -0.15) is 0 Å². The summed E-state index contributed by atoms with van der Waals surface area (Å²) in [6.45, 7) is 0.589. The minimum absolute atomic E-state index is 0.00236. The first kappa shape index (κ1) is 13.4. The van der Waals surface area contributed by atoms with Crippen LogP contribution in [0.4, 0.5) is 0 Å². The van der Waals surface area contributed by atoms with E-state index in [1.165, 1.54) is 0 Å². The Hall–Kier alpha value is -1.01. The van der Waals surface area contributed by atoms with Gasteiger partial charge < -0.3 is 10.6 Å². The summed E-state index contributed by atoms with van der Waals surface area (Å²) in [6, 6.07) is 2.12. The zero-order chi connectivity index (χ0) is 13.1. The lowest BCUT2D eigenvalue weighted by Crippen LogP contribution is -2.35. The minimum atomic E-state index is 0.00236. The van der Waals surface area contributed by atoms with E-state index in [1.54, 1.807) is 18.5 Å². The van der Waals surface area contributed by atoms with Crippen LogP contribution in [0.2, 0.25) is 0 Å². The van der Waals surface area contributed by atoms with E-state index < -0.39 is 0 Å². The van der Waals surface area contributed by atoms with E-state index >= 15 is 0 Å². The number of carbonyl (C=O) groups excluding carboxylic acids is 1. The van der Waals surface area contributed by atoms with Crippen molar-refractivity contribution in [2.45, 2.75) is 25.3 Å². The summed E-state index contributed by atoms with van der Waals surface area (Å²) in [5.74, 6) is 0.00236. The molecule has 0 radical (unpaired) electrons. The predicted molar refractivity (Wildman–Crippen MR) is 77.4 cm³/mol. The third kappa shape index (κ3) is 3.49. The van der Waals surface area contributed by atoms with Crippen LogP contribution in [0, 0.1) is 0 Å². The molecule has 0 spiro atoms. The van der Waals surface area contributed by atoms with E-state index in [4.69, 9.17) is 18.0 Å². The molecule has 1 amide bonds. The minimum Gasteiger partial charge on any atom is -0.393 e. The average molecular weight is 328 g/mol. The summed E-state index contributed by atoms with van der Waals surface area (Å²) >= 11 is 8.19. The number of amides is 1. The summed E-state index contributed by atoms with van der Waals surface area (Å²) in [5, 5.41) is 0. The Labute approximate surface area is 120 Å². The van der Waals surface area contributed by atoms with Crippen LogP contribution < -0.4 is 5.73 Å². The maximum Gasteiger partial charge on any atom is 0.255 e. The van der Waals surface area contributed by atoms with Crippen LogP contribution in [0.3, 0.4) is 0 Å². The summed E-state index contributed by atoms with van der Waals surface area (Å²) in [5.41, 5.74) is 6.09. The molecule has 1 aromatic heterocycles. The molecule has 18 heavy (non-hydrogen) atoms. The van der Waals surface area contributed by atoms with Crippen LogP contribution in [-0.4, -0.2) is 33.4 Å². The number of hydrogen-bond acceptors (Lipinski definition) is 3. The first-order chi connectivity index (χ1) is 8.58. The molecule has 96 valence electrons. The molecular weight excluding hydrogens is 314 g/mol. The number of aromatic nitrogens is 1. The Morgan fingerprint density at radius 3 is 2.83 bits per heavy atom. The lowest BCUT2D eigenvalue weighted by atomic mass is 10.2. The first-order valence-electron chi connectivity index (χ1n) is 5.78. The smallest absolute Gasteiger partial charge is 0.255 e. The maximum atomic E-state index is 12.4. The SMILES string of the molecule is NC(=S)CCN(C(=O)c1cncc(Br)c1)C1CC1. The number of rotatable bonds is 5. The van der Waals surface area contributed by atoms with Gasteiger partial charge in [-0.1, -0.05) is 12.2 Å². The standard InChI is InChI=1S/C12H14BrN3OS/c13-9-5-8(6-15-7-9)12(17)16(10-1-2-10)4-3-11(14)18/h5-7,10H,1-4H2,(H2,14,18). The van der Waals surface area contributed by atoms with Gasteiger partial charge in [0.1, 0.15) is 0 Å². The van der Waals surface area contributed by atoms with Crippen molar-refractivity contribution in [2.24, 2.45) is 5.73 Å². The molecule has 0 aromatic carbocycles. The number of hydrogen-bond donors (Lipinski definition) is 1. The molecule has 0 aliphatic heterocycles. The second-order valence-electron chi connectivity index (χ2n) is 4.34. The van der Waals surface area contributed by atoms with Crippen molar-refractivity contribution < 1.29 is 4.79 Å². The number of halogens is 1. The van der Waals surface area contributed by atoms with Crippen LogP contribution in [0.15, 0.2) is 22.9 Å².